The molecule has 122 valence electrons. The van der Waals surface area contributed by atoms with Crippen molar-refractivity contribution in [2.45, 2.75) is 37.9 Å². The molecule has 0 amide bonds. The van der Waals surface area contributed by atoms with E-state index in [1.807, 2.05) is 48.5 Å². The summed E-state index contributed by atoms with van der Waals surface area (Å²) in [4.78, 5) is 12.3. The van der Waals surface area contributed by atoms with Gasteiger partial charge in [0.1, 0.15) is 0 Å². The Morgan fingerprint density at radius 2 is 1.52 bits per heavy atom. The summed E-state index contributed by atoms with van der Waals surface area (Å²) in [5.41, 5.74) is 1.15. The smallest absolute Gasteiger partial charge is 0.338 e. The first-order chi connectivity index (χ1) is 10.9. The fourth-order valence-electron chi connectivity index (χ4n) is 2.36. The van der Waals surface area contributed by atoms with E-state index in [1.54, 1.807) is 12.1 Å². The zero-order chi connectivity index (χ0) is 16.9. The maximum Gasteiger partial charge on any atom is 0.338 e. The zero-order valence-electron chi connectivity index (χ0n) is 13.9. The standard InChI is InChI=1S/C19H24O3Si/c1-23(2,3)18(14-17(20)15-10-6-4-7-11-15)22-19(21)16-12-8-5-9-13-16/h4-13,17-18,20H,14H2,1-3H3/t17-,18-/m1/s1. The fourth-order valence-corrected chi connectivity index (χ4v) is 3.75. The van der Waals surface area contributed by atoms with Gasteiger partial charge in [-0.2, -0.15) is 0 Å². The molecule has 3 nitrogen and oxygen atoms in total. The van der Waals surface area contributed by atoms with E-state index in [1.165, 1.54) is 0 Å². The third-order valence-electron chi connectivity index (χ3n) is 3.85. The van der Waals surface area contributed by atoms with Gasteiger partial charge in [-0.1, -0.05) is 68.2 Å². The second-order valence-electron chi connectivity index (χ2n) is 6.79. The van der Waals surface area contributed by atoms with Crippen LogP contribution >= 0.6 is 0 Å². The number of benzene rings is 2. The van der Waals surface area contributed by atoms with Crippen LogP contribution in [0, 0.1) is 0 Å². The highest BCUT2D eigenvalue weighted by Gasteiger charge is 2.33. The molecule has 2 rings (SSSR count). The highest BCUT2D eigenvalue weighted by atomic mass is 28.3. The van der Waals surface area contributed by atoms with Gasteiger partial charge in [0.05, 0.1) is 25.5 Å². The molecule has 0 aliphatic carbocycles. The molecule has 0 aromatic heterocycles. The van der Waals surface area contributed by atoms with E-state index in [2.05, 4.69) is 19.6 Å². The minimum atomic E-state index is -1.78. The summed E-state index contributed by atoms with van der Waals surface area (Å²) in [5, 5.41) is 10.5. The minimum absolute atomic E-state index is 0.245. The van der Waals surface area contributed by atoms with Gasteiger partial charge in [0, 0.05) is 6.42 Å². The fraction of sp³-hybridized carbons (Fsp3) is 0.316. The summed E-state index contributed by atoms with van der Waals surface area (Å²) in [5.74, 6) is -0.321. The predicted octanol–water partition coefficient (Wildman–Crippen LogP) is 4.21. The molecule has 0 radical (unpaired) electrons. The molecule has 0 aliphatic heterocycles. The van der Waals surface area contributed by atoms with Crippen LogP contribution in [0.25, 0.3) is 0 Å². The Balaban J connectivity index is 2.10. The van der Waals surface area contributed by atoms with Crippen molar-refractivity contribution in [2.75, 3.05) is 0 Å². The van der Waals surface area contributed by atoms with Crippen LogP contribution in [0.5, 0.6) is 0 Å². The first-order valence-electron chi connectivity index (χ1n) is 7.87. The lowest BCUT2D eigenvalue weighted by molar-refractivity contribution is 0.0319. The summed E-state index contributed by atoms with van der Waals surface area (Å²) in [6, 6.07) is 18.5. The van der Waals surface area contributed by atoms with Gasteiger partial charge >= 0.3 is 5.97 Å². The van der Waals surface area contributed by atoms with E-state index >= 15 is 0 Å². The highest BCUT2D eigenvalue weighted by molar-refractivity contribution is 6.77. The average Bonchev–Trinajstić information content (AvgIpc) is 2.54. The Bertz CT molecular complexity index is 620. The number of aliphatic hydroxyl groups excluding tert-OH is 1. The first-order valence-corrected chi connectivity index (χ1v) is 11.4. The topological polar surface area (TPSA) is 46.5 Å². The molecule has 0 saturated carbocycles. The van der Waals surface area contributed by atoms with Crippen molar-refractivity contribution >= 4 is 14.0 Å². The molecule has 0 unspecified atom stereocenters. The Hall–Kier alpha value is -1.91. The van der Waals surface area contributed by atoms with E-state index in [0.717, 1.165) is 5.56 Å². The van der Waals surface area contributed by atoms with E-state index < -0.39 is 14.2 Å². The number of carbonyl (C=O) groups is 1. The molecule has 0 bridgehead atoms. The lowest BCUT2D eigenvalue weighted by Gasteiger charge is -2.30. The quantitative estimate of drug-likeness (QED) is 0.638. The van der Waals surface area contributed by atoms with Crippen molar-refractivity contribution in [3.8, 4) is 0 Å². The van der Waals surface area contributed by atoms with E-state index in [4.69, 9.17) is 4.74 Å². The lowest BCUT2D eigenvalue weighted by atomic mass is 10.1. The number of ether oxygens (including phenoxy) is 1. The second kappa shape index (κ2) is 7.57. The summed E-state index contributed by atoms with van der Waals surface area (Å²) < 4.78 is 5.76. The maximum absolute atomic E-state index is 12.3. The normalized spacial score (nSPS) is 14.1. The summed E-state index contributed by atoms with van der Waals surface area (Å²) in [7, 11) is -1.78. The van der Waals surface area contributed by atoms with Crippen molar-refractivity contribution < 1.29 is 14.6 Å². The molecule has 0 aliphatic rings. The third kappa shape index (κ3) is 5.05. The molecule has 0 saturated heterocycles. The SMILES string of the molecule is C[Si](C)(C)[C@H](C[C@@H](O)c1ccccc1)OC(=O)c1ccccc1. The molecular weight excluding hydrogens is 304 g/mol. The third-order valence-corrected chi connectivity index (χ3v) is 6.13. The summed E-state index contributed by atoms with van der Waals surface area (Å²) in [6.07, 6.45) is -0.199. The van der Waals surface area contributed by atoms with Crippen LogP contribution in [0.15, 0.2) is 60.7 Å². The first kappa shape index (κ1) is 17.4. The Kier molecular flexibility index (Phi) is 5.74. The second-order valence-corrected chi connectivity index (χ2v) is 12.2. The Labute approximate surface area is 138 Å². The van der Waals surface area contributed by atoms with Gasteiger partial charge in [0.2, 0.25) is 0 Å². The summed E-state index contributed by atoms with van der Waals surface area (Å²) in [6.45, 7) is 6.44. The Morgan fingerprint density at radius 3 is 2.04 bits per heavy atom. The van der Waals surface area contributed by atoms with Gasteiger partial charge in [0.15, 0.2) is 0 Å². The van der Waals surface area contributed by atoms with Crippen LogP contribution in [-0.4, -0.2) is 24.9 Å². The van der Waals surface area contributed by atoms with Gasteiger partial charge in [-0.05, 0) is 17.7 Å². The van der Waals surface area contributed by atoms with Gasteiger partial charge < -0.3 is 9.84 Å². The van der Waals surface area contributed by atoms with Gasteiger partial charge in [-0.15, -0.1) is 0 Å². The lowest BCUT2D eigenvalue weighted by Crippen LogP contribution is -2.42. The van der Waals surface area contributed by atoms with Crippen molar-refractivity contribution in [3.05, 3.63) is 71.8 Å². The zero-order valence-corrected chi connectivity index (χ0v) is 14.9. The van der Waals surface area contributed by atoms with Crippen molar-refractivity contribution in [3.63, 3.8) is 0 Å². The largest absolute Gasteiger partial charge is 0.463 e. The van der Waals surface area contributed by atoms with Crippen molar-refractivity contribution in [1.29, 1.82) is 0 Å². The van der Waals surface area contributed by atoms with Crippen molar-refractivity contribution in [1.82, 2.24) is 0 Å². The average molecular weight is 328 g/mol. The van der Waals surface area contributed by atoms with Crippen LogP contribution in [0.4, 0.5) is 0 Å². The number of hydrogen-bond acceptors (Lipinski definition) is 3. The van der Waals surface area contributed by atoms with Gasteiger partial charge in [-0.25, -0.2) is 4.79 Å². The molecule has 0 heterocycles. The molecule has 2 atom stereocenters. The molecule has 2 aromatic rings. The van der Waals surface area contributed by atoms with Crippen LogP contribution in [0.3, 0.4) is 0 Å². The van der Waals surface area contributed by atoms with Crippen LogP contribution in [0.1, 0.15) is 28.4 Å². The molecule has 0 fully saturated rings. The molecule has 0 spiro atoms. The summed E-state index contributed by atoms with van der Waals surface area (Å²) >= 11 is 0. The highest BCUT2D eigenvalue weighted by Crippen LogP contribution is 2.25. The van der Waals surface area contributed by atoms with Gasteiger partial charge in [0.25, 0.3) is 0 Å². The molecule has 23 heavy (non-hydrogen) atoms. The number of aliphatic hydroxyl groups is 1. The van der Waals surface area contributed by atoms with E-state index in [-0.39, 0.29) is 11.7 Å². The van der Waals surface area contributed by atoms with Crippen molar-refractivity contribution in [2.24, 2.45) is 0 Å². The van der Waals surface area contributed by atoms with Crippen LogP contribution in [-0.2, 0) is 4.74 Å². The van der Waals surface area contributed by atoms with E-state index in [0.29, 0.717) is 12.0 Å². The number of hydrogen-bond donors (Lipinski definition) is 1. The molecule has 1 N–H and O–H groups in total. The molecule has 4 heteroatoms. The maximum atomic E-state index is 12.3. The van der Waals surface area contributed by atoms with Crippen LogP contribution in [0.2, 0.25) is 19.6 Å². The monoisotopic (exact) mass is 328 g/mol. The number of carbonyl (C=O) groups excluding carboxylic acids is 1. The van der Waals surface area contributed by atoms with Gasteiger partial charge in [-0.3, -0.25) is 0 Å². The molecular formula is C19H24O3Si. The number of esters is 1. The number of rotatable bonds is 6. The predicted molar refractivity (Wildman–Crippen MR) is 95.0 cm³/mol. The van der Waals surface area contributed by atoms with E-state index in [9.17, 15) is 9.90 Å². The Morgan fingerprint density at radius 1 is 1.00 bits per heavy atom. The molecule has 2 aromatic carbocycles. The minimum Gasteiger partial charge on any atom is -0.463 e. The van der Waals surface area contributed by atoms with Crippen LogP contribution < -0.4 is 0 Å².